The van der Waals surface area contributed by atoms with E-state index in [4.69, 9.17) is 10.1 Å². The van der Waals surface area contributed by atoms with Crippen LogP contribution in [-0.4, -0.2) is 42.7 Å². The van der Waals surface area contributed by atoms with Gasteiger partial charge in [0.1, 0.15) is 0 Å². The van der Waals surface area contributed by atoms with Gasteiger partial charge in [-0.15, -0.1) is 0 Å². The molecule has 1 saturated carbocycles. The molecule has 1 aromatic carbocycles. The summed E-state index contributed by atoms with van der Waals surface area (Å²) in [7, 11) is -3.55. The van der Waals surface area contributed by atoms with Gasteiger partial charge < -0.3 is 5.32 Å². The summed E-state index contributed by atoms with van der Waals surface area (Å²) in [6, 6.07) is 13.2. The summed E-state index contributed by atoms with van der Waals surface area (Å²) in [6.07, 6.45) is 14.0. The van der Waals surface area contributed by atoms with E-state index in [0.717, 1.165) is 43.4 Å². The average molecular weight is 527 g/mol. The number of benzene rings is 1. The summed E-state index contributed by atoms with van der Waals surface area (Å²) in [5.41, 5.74) is 1.70. The van der Waals surface area contributed by atoms with E-state index in [1.807, 2.05) is 36.5 Å². The van der Waals surface area contributed by atoms with Crippen LogP contribution in [-0.2, 0) is 21.4 Å². The summed E-state index contributed by atoms with van der Waals surface area (Å²) in [5.74, 6) is 0.859. The molecule has 0 unspecified atom stereocenters. The third-order valence-corrected chi connectivity index (χ3v) is 8.00. The van der Waals surface area contributed by atoms with Crippen LogP contribution in [0.4, 0.5) is 5.69 Å². The summed E-state index contributed by atoms with van der Waals surface area (Å²) < 4.78 is 27.5. The van der Waals surface area contributed by atoms with Crippen molar-refractivity contribution in [3.63, 3.8) is 0 Å². The first-order valence-electron chi connectivity index (χ1n) is 13.1. The number of nitriles is 1. The number of hydroxylamine groups is 1. The molecule has 37 heavy (non-hydrogen) atoms. The fourth-order valence-corrected chi connectivity index (χ4v) is 5.62. The summed E-state index contributed by atoms with van der Waals surface area (Å²) >= 11 is 0. The third-order valence-electron chi connectivity index (χ3n) is 6.34. The highest BCUT2D eigenvalue weighted by Crippen LogP contribution is 2.25. The van der Waals surface area contributed by atoms with Crippen molar-refractivity contribution in [2.75, 3.05) is 24.2 Å². The Labute approximate surface area is 221 Å². The van der Waals surface area contributed by atoms with Gasteiger partial charge in [0.25, 0.3) is 0 Å². The van der Waals surface area contributed by atoms with Crippen LogP contribution in [0.5, 0.6) is 0 Å². The van der Waals surface area contributed by atoms with Crippen LogP contribution in [0.15, 0.2) is 59.9 Å². The van der Waals surface area contributed by atoms with Crippen molar-refractivity contribution in [2.24, 2.45) is 10.9 Å². The molecule has 1 heterocycles. The first kappa shape index (κ1) is 28.6. The zero-order chi connectivity index (χ0) is 26.2. The van der Waals surface area contributed by atoms with Gasteiger partial charge in [-0.05, 0) is 49.3 Å². The number of rotatable bonds is 14. The van der Waals surface area contributed by atoms with Gasteiger partial charge in [-0.2, -0.15) is 5.26 Å². The fourth-order valence-electron chi connectivity index (χ4n) is 4.28. The largest absolute Gasteiger partial charge is 0.325 e. The number of hydrogen-bond donors (Lipinski definition) is 2. The zero-order valence-electron chi connectivity index (χ0n) is 21.4. The minimum absolute atomic E-state index is 0.0542. The van der Waals surface area contributed by atoms with Gasteiger partial charge in [-0.3, -0.25) is 20.1 Å². The van der Waals surface area contributed by atoms with Crippen molar-refractivity contribution in [2.45, 2.75) is 64.3 Å². The number of aromatic nitrogens is 1. The highest BCUT2D eigenvalue weighted by atomic mass is 32.2. The standard InChI is InChI=1S/C27H38N6O3S/c28-23-31-27(32-26-15-18-29-19-16-26)30-17-9-1-2-10-20-37(34,35)33(21-24-11-5-3-6-12-24)36-22-25-13-7-4-8-14-25/h3,5-6,11-12,15-16,18-19,25H,1-2,4,7-10,13-14,17,20-22H2,(H2,29,30,31,32). The number of guanidine groups is 1. The van der Waals surface area contributed by atoms with Gasteiger partial charge in [-0.1, -0.05) is 66.9 Å². The molecule has 0 spiro atoms. The van der Waals surface area contributed by atoms with Crippen LogP contribution in [0.1, 0.15) is 63.4 Å². The Balaban J connectivity index is 1.43. The molecule has 0 aliphatic heterocycles. The van der Waals surface area contributed by atoms with Crippen molar-refractivity contribution in [3.8, 4) is 6.19 Å². The lowest BCUT2D eigenvalue weighted by Crippen LogP contribution is -2.34. The molecule has 1 fully saturated rings. The molecule has 1 aromatic heterocycles. The van der Waals surface area contributed by atoms with Gasteiger partial charge in [0.05, 0.1) is 18.9 Å². The van der Waals surface area contributed by atoms with Crippen LogP contribution >= 0.6 is 0 Å². The van der Waals surface area contributed by atoms with E-state index in [1.165, 1.54) is 23.7 Å². The first-order valence-corrected chi connectivity index (χ1v) is 14.7. The Morgan fingerprint density at radius 3 is 2.51 bits per heavy atom. The smallest absolute Gasteiger partial charge is 0.236 e. The zero-order valence-corrected chi connectivity index (χ0v) is 22.2. The van der Waals surface area contributed by atoms with Crippen LogP contribution in [0, 0.1) is 17.4 Å². The Bertz CT molecular complexity index is 1080. The van der Waals surface area contributed by atoms with Crippen molar-refractivity contribution < 1.29 is 13.3 Å². The van der Waals surface area contributed by atoms with Crippen LogP contribution in [0.25, 0.3) is 0 Å². The van der Waals surface area contributed by atoms with Crippen LogP contribution in [0.3, 0.4) is 0 Å². The number of sulfonamides is 1. The van der Waals surface area contributed by atoms with Crippen LogP contribution in [0.2, 0.25) is 0 Å². The molecule has 0 atom stereocenters. The predicted octanol–water partition coefficient (Wildman–Crippen LogP) is 4.82. The SMILES string of the molecule is N#CNC(=NCCCCCCS(=O)(=O)N(Cc1ccccc1)OCC1CCCCC1)Nc1ccncc1. The normalized spacial score (nSPS) is 14.9. The number of nitrogens with one attached hydrogen (secondary N) is 2. The quantitative estimate of drug-likeness (QED) is 0.0904. The number of unbranched alkanes of at least 4 members (excludes halogenated alkanes) is 3. The maximum atomic E-state index is 13.2. The van der Waals surface area contributed by atoms with E-state index < -0.39 is 10.0 Å². The molecule has 9 nitrogen and oxygen atoms in total. The van der Waals surface area contributed by atoms with Crippen molar-refractivity contribution in [1.82, 2.24) is 14.8 Å². The number of pyridine rings is 1. The van der Waals surface area contributed by atoms with Crippen molar-refractivity contribution in [1.29, 1.82) is 5.26 Å². The molecule has 1 aliphatic carbocycles. The Morgan fingerprint density at radius 1 is 1.05 bits per heavy atom. The molecule has 2 N–H and O–H groups in total. The number of anilines is 1. The summed E-state index contributed by atoms with van der Waals surface area (Å²) in [6.45, 7) is 1.21. The summed E-state index contributed by atoms with van der Waals surface area (Å²) in [5, 5.41) is 14.5. The molecular formula is C27H38N6O3S. The lowest BCUT2D eigenvalue weighted by Gasteiger charge is -2.26. The van der Waals surface area contributed by atoms with E-state index in [1.54, 1.807) is 24.5 Å². The Kier molecular flexibility index (Phi) is 12.3. The Morgan fingerprint density at radius 2 is 1.78 bits per heavy atom. The van der Waals surface area contributed by atoms with E-state index >= 15 is 0 Å². The second-order valence-electron chi connectivity index (χ2n) is 9.30. The molecular weight excluding hydrogens is 488 g/mol. The Hall–Kier alpha value is -3.00. The molecule has 2 aromatic rings. The second kappa shape index (κ2) is 16.0. The average Bonchev–Trinajstić information content (AvgIpc) is 2.92. The molecule has 0 radical (unpaired) electrons. The molecule has 0 bridgehead atoms. The number of aliphatic imine (C=N–C) groups is 1. The van der Waals surface area contributed by atoms with Crippen molar-refractivity contribution in [3.05, 3.63) is 60.4 Å². The minimum atomic E-state index is -3.55. The van der Waals surface area contributed by atoms with E-state index in [9.17, 15) is 8.42 Å². The maximum Gasteiger partial charge on any atom is 0.236 e. The lowest BCUT2D eigenvalue weighted by molar-refractivity contribution is -0.108. The van der Waals surface area contributed by atoms with Gasteiger partial charge in [-0.25, -0.2) is 8.42 Å². The van der Waals surface area contributed by atoms with E-state index in [-0.39, 0.29) is 12.3 Å². The van der Waals surface area contributed by atoms with Gasteiger partial charge >= 0.3 is 0 Å². The van der Waals surface area contributed by atoms with Crippen molar-refractivity contribution >= 4 is 21.7 Å². The predicted molar refractivity (Wildman–Crippen MR) is 146 cm³/mol. The highest BCUT2D eigenvalue weighted by molar-refractivity contribution is 7.88. The summed E-state index contributed by atoms with van der Waals surface area (Å²) in [4.78, 5) is 14.3. The number of hydrogen-bond acceptors (Lipinski definition) is 6. The highest BCUT2D eigenvalue weighted by Gasteiger charge is 2.25. The molecule has 200 valence electrons. The molecule has 3 rings (SSSR count). The third kappa shape index (κ3) is 10.9. The fraction of sp³-hybridized carbons (Fsp3) is 0.519. The van der Waals surface area contributed by atoms with Gasteiger partial charge in [0.2, 0.25) is 16.0 Å². The van der Waals surface area contributed by atoms with E-state index in [2.05, 4.69) is 20.6 Å². The lowest BCUT2D eigenvalue weighted by atomic mass is 9.90. The molecule has 10 heteroatoms. The van der Waals surface area contributed by atoms with Gasteiger partial charge in [0.15, 0.2) is 6.19 Å². The van der Waals surface area contributed by atoms with Crippen LogP contribution < -0.4 is 10.6 Å². The minimum Gasteiger partial charge on any atom is -0.325 e. The molecule has 0 amide bonds. The molecule has 0 saturated heterocycles. The second-order valence-corrected chi connectivity index (χ2v) is 11.3. The number of nitrogens with zero attached hydrogens (tertiary/aromatic N) is 4. The maximum absolute atomic E-state index is 13.2. The monoisotopic (exact) mass is 526 g/mol. The topological polar surface area (TPSA) is 120 Å². The molecule has 1 aliphatic rings. The van der Waals surface area contributed by atoms with Gasteiger partial charge in [0, 0.05) is 24.6 Å². The first-order chi connectivity index (χ1) is 18.1. The van der Waals surface area contributed by atoms with E-state index in [0.29, 0.717) is 31.4 Å².